The second-order valence-corrected chi connectivity index (χ2v) is 8.89. The van der Waals surface area contributed by atoms with Crippen molar-refractivity contribution in [3.8, 4) is 22.5 Å². The summed E-state index contributed by atoms with van der Waals surface area (Å²) < 4.78 is 2.01. The number of thiazole rings is 1. The summed E-state index contributed by atoms with van der Waals surface area (Å²) in [7, 11) is 0. The summed E-state index contributed by atoms with van der Waals surface area (Å²) in [5, 5.41) is 5.04. The van der Waals surface area contributed by atoms with Crippen LogP contribution in [0.2, 0.25) is 0 Å². The van der Waals surface area contributed by atoms with Crippen molar-refractivity contribution in [1.82, 2.24) is 19.4 Å². The first kappa shape index (κ1) is 19.6. The van der Waals surface area contributed by atoms with Crippen molar-refractivity contribution < 1.29 is 4.79 Å². The molecular formula is C25H20N6OS. The third-order valence-electron chi connectivity index (χ3n) is 5.84. The number of hydrogen-bond acceptors (Lipinski definition) is 6. The molecule has 0 bridgehead atoms. The third-order valence-corrected chi connectivity index (χ3v) is 6.61. The van der Waals surface area contributed by atoms with E-state index in [1.807, 2.05) is 82.8 Å². The second kappa shape index (κ2) is 8.14. The monoisotopic (exact) mass is 452 g/mol. The number of imidazole rings is 1. The molecule has 5 aromatic rings. The van der Waals surface area contributed by atoms with Crippen LogP contribution in [0.25, 0.3) is 27.5 Å². The maximum atomic E-state index is 12.7. The van der Waals surface area contributed by atoms with Crippen LogP contribution in [0.4, 0.5) is 11.5 Å². The van der Waals surface area contributed by atoms with E-state index in [2.05, 4.69) is 25.2 Å². The minimum Gasteiger partial charge on any atom is -0.355 e. The van der Waals surface area contributed by atoms with Crippen molar-refractivity contribution in [2.45, 2.75) is 0 Å². The van der Waals surface area contributed by atoms with Crippen LogP contribution in [0.1, 0.15) is 0 Å². The summed E-state index contributed by atoms with van der Waals surface area (Å²) >= 11 is 1.61. The SMILES string of the molecule is O=C(Nc1ccc(-c2cn3ccsc3n2)cc1)C1CN(c2cc(-c3ccccc3)ncn2)C1. The van der Waals surface area contributed by atoms with Crippen LogP contribution >= 0.6 is 11.3 Å². The fraction of sp³-hybridized carbons (Fsp3) is 0.120. The van der Waals surface area contributed by atoms with Crippen LogP contribution in [-0.4, -0.2) is 38.3 Å². The van der Waals surface area contributed by atoms with E-state index < -0.39 is 0 Å². The molecule has 3 aromatic heterocycles. The Morgan fingerprint density at radius 2 is 1.76 bits per heavy atom. The number of fused-ring (bicyclic) bond motifs is 1. The highest BCUT2D eigenvalue weighted by atomic mass is 32.1. The van der Waals surface area contributed by atoms with Crippen LogP contribution in [0, 0.1) is 5.92 Å². The molecule has 1 amide bonds. The van der Waals surface area contributed by atoms with Crippen LogP contribution < -0.4 is 10.2 Å². The number of rotatable bonds is 5. The molecule has 0 radical (unpaired) electrons. The number of carbonyl (C=O) groups is 1. The van der Waals surface area contributed by atoms with E-state index in [1.165, 1.54) is 0 Å². The van der Waals surface area contributed by atoms with Gasteiger partial charge in [0, 0.05) is 53.7 Å². The molecule has 2 aromatic carbocycles. The average Bonchev–Trinajstić information content (AvgIpc) is 3.42. The Balaban J connectivity index is 1.08. The summed E-state index contributed by atoms with van der Waals surface area (Å²) in [6.45, 7) is 1.28. The van der Waals surface area contributed by atoms with E-state index in [9.17, 15) is 4.79 Å². The van der Waals surface area contributed by atoms with Crippen LogP contribution in [0.15, 0.2) is 84.8 Å². The maximum Gasteiger partial charge on any atom is 0.231 e. The lowest BCUT2D eigenvalue weighted by Gasteiger charge is -2.39. The van der Waals surface area contributed by atoms with Crippen molar-refractivity contribution in [2.24, 2.45) is 5.92 Å². The minimum atomic E-state index is -0.0697. The zero-order valence-electron chi connectivity index (χ0n) is 17.6. The number of carbonyl (C=O) groups excluding carboxylic acids is 1. The molecular weight excluding hydrogens is 432 g/mol. The lowest BCUT2D eigenvalue weighted by molar-refractivity contribution is -0.120. The van der Waals surface area contributed by atoms with E-state index in [4.69, 9.17) is 0 Å². The normalized spacial score (nSPS) is 13.8. The third kappa shape index (κ3) is 3.85. The van der Waals surface area contributed by atoms with E-state index in [0.29, 0.717) is 13.1 Å². The van der Waals surface area contributed by atoms with E-state index in [1.54, 1.807) is 17.7 Å². The lowest BCUT2D eigenvalue weighted by Crippen LogP contribution is -2.52. The Bertz CT molecular complexity index is 1390. The van der Waals surface area contributed by atoms with Gasteiger partial charge in [0.05, 0.1) is 17.3 Å². The molecule has 8 heteroatoms. The Labute approximate surface area is 194 Å². The first-order valence-electron chi connectivity index (χ1n) is 10.7. The van der Waals surface area contributed by atoms with E-state index >= 15 is 0 Å². The van der Waals surface area contributed by atoms with Crippen molar-refractivity contribution in [3.05, 3.63) is 84.8 Å². The smallest absolute Gasteiger partial charge is 0.231 e. The average molecular weight is 453 g/mol. The summed E-state index contributed by atoms with van der Waals surface area (Å²) in [4.78, 5) is 29.2. The summed E-state index contributed by atoms with van der Waals surface area (Å²) in [6.07, 6.45) is 5.59. The predicted octanol–water partition coefficient (Wildman–Crippen LogP) is 4.59. The lowest BCUT2D eigenvalue weighted by atomic mass is 9.98. The molecule has 0 aliphatic carbocycles. The highest BCUT2D eigenvalue weighted by molar-refractivity contribution is 7.15. The Morgan fingerprint density at radius 3 is 2.55 bits per heavy atom. The number of nitrogens with zero attached hydrogens (tertiary/aromatic N) is 5. The molecule has 7 nitrogen and oxygen atoms in total. The molecule has 1 aliphatic rings. The molecule has 6 rings (SSSR count). The summed E-state index contributed by atoms with van der Waals surface area (Å²) in [5.74, 6) is 0.802. The molecule has 0 unspecified atom stereocenters. The van der Waals surface area contributed by atoms with Gasteiger partial charge in [-0.3, -0.25) is 9.20 Å². The van der Waals surface area contributed by atoms with Gasteiger partial charge in [0.1, 0.15) is 12.1 Å². The van der Waals surface area contributed by atoms with Gasteiger partial charge in [-0.05, 0) is 12.1 Å². The Kier molecular flexibility index (Phi) is 4.84. The topological polar surface area (TPSA) is 75.4 Å². The molecule has 1 N–H and O–H groups in total. The molecule has 4 heterocycles. The van der Waals surface area contributed by atoms with Gasteiger partial charge in [-0.15, -0.1) is 11.3 Å². The number of anilines is 2. The molecule has 1 aliphatic heterocycles. The van der Waals surface area contributed by atoms with Crippen molar-refractivity contribution >= 4 is 33.7 Å². The largest absolute Gasteiger partial charge is 0.355 e. The van der Waals surface area contributed by atoms with Gasteiger partial charge < -0.3 is 10.2 Å². The van der Waals surface area contributed by atoms with Gasteiger partial charge in [-0.1, -0.05) is 42.5 Å². The summed E-state index contributed by atoms with van der Waals surface area (Å²) in [5.41, 5.74) is 4.67. The zero-order valence-corrected chi connectivity index (χ0v) is 18.4. The zero-order chi connectivity index (χ0) is 22.2. The number of amides is 1. The standard InChI is InChI=1S/C25H20N6OS/c32-24(28-20-8-6-18(7-9-20)22-15-30-10-11-33-25(30)29-22)19-13-31(14-19)23-12-21(26-16-27-23)17-4-2-1-3-5-17/h1-12,15-16,19H,13-14H2,(H,28,32). The molecule has 0 atom stereocenters. The molecule has 1 fully saturated rings. The fourth-order valence-corrected chi connectivity index (χ4v) is 4.65. The van der Waals surface area contributed by atoms with E-state index in [-0.39, 0.29) is 11.8 Å². The van der Waals surface area contributed by atoms with Gasteiger partial charge in [0.15, 0.2) is 4.96 Å². The molecule has 1 saturated heterocycles. The van der Waals surface area contributed by atoms with Gasteiger partial charge in [0.2, 0.25) is 5.91 Å². The van der Waals surface area contributed by atoms with Gasteiger partial charge >= 0.3 is 0 Å². The van der Waals surface area contributed by atoms with Gasteiger partial charge in [-0.2, -0.15) is 0 Å². The minimum absolute atomic E-state index is 0.0267. The predicted molar refractivity (Wildman–Crippen MR) is 130 cm³/mol. The number of aromatic nitrogens is 4. The van der Waals surface area contributed by atoms with Crippen molar-refractivity contribution in [2.75, 3.05) is 23.3 Å². The maximum absolute atomic E-state index is 12.7. The number of benzene rings is 2. The molecule has 0 saturated carbocycles. The van der Waals surface area contributed by atoms with E-state index in [0.717, 1.165) is 39.0 Å². The second-order valence-electron chi connectivity index (χ2n) is 8.01. The quantitative estimate of drug-likeness (QED) is 0.422. The first-order chi connectivity index (χ1) is 16.2. The Hall–Kier alpha value is -4.04. The van der Waals surface area contributed by atoms with Crippen molar-refractivity contribution in [1.29, 1.82) is 0 Å². The molecule has 0 spiro atoms. The highest BCUT2D eigenvalue weighted by Gasteiger charge is 2.33. The fourth-order valence-electron chi connectivity index (χ4n) is 3.95. The van der Waals surface area contributed by atoms with Crippen LogP contribution in [0.5, 0.6) is 0 Å². The Morgan fingerprint density at radius 1 is 0.970 bits per heavy atom. The van der Waals surface area contributed by atoms with Gasteiger partial charge in [0.25, 0.3) is 0 Å². The van der Waals surface area contributed by atoms with Gasteiger partial charge in [-0.25, -0.2) is 15.0 Å². The number of hydrogen-bond donors (Lipinski definition) is 1. The molecule has 33 heavy (non-hydrogen) atoms. The first-order valence-corrected chi connectivity index (χ1v) is 11.6. The molecule has 162 valence electrons. The van der Waals surface area contributed by atoms with Crippen molar-refractivity contribution in [3.63, 3.8) is 0 Å². The van der Waals surface area contributed by atoms with Crippen LogP contribution in [-0.2, 0) is 4.79 Å². The number of nitrogens with one attached hydrogen (secondary N) is 1. The summed E-state index contributed by atoms with van der Waals surface area (Å²) in [6, 6.07) is 19.8. The van der Waals surface area contributed by atoms with Crippen LogP contribution in [0.3, 0.4) is 0 Å². The highest BCUT2D eigenvalue weighted by Crippen LogP contribution is 2.27.